The highest BCUT2D eigenvalue weighted by molar-refractivity contribution is 7.12. The van der Waals surface area contributed by atoms with Crippen LogP contribution in [0.15, 0.2) is 54.6 Å². The summed E-state index contributed by atoms with van der Waals surface area (Å²) in [5.74, 6) is -6.89. The molecule has 42 heavy (non-hydrogen) atoms. The van der Waals surface area contributed by atoms with Crippen LogP contribution in [0.25, 0.3) is 11.1 Å². The van der Waals surface area contributed by atoms with Crippen LogP contribution in [0.2, 0.25) is 0 Å². The molecule has 1 saturated carbocycles. The second-order valence-electron chi connectivity index (χ2n) is 10.5. The molecule has 0 bridgehead atoms. The lowest BCUT2D eigenvalue weighted by atomic mass is 10.0. The Morgan fingerprint density at radius 2 is 1.81 bits per heavy atom. The molecule has 13 heteroatoms. The van der Waals surface area contributed by atoms with Crippen LogP contribution in [0, 0.1) is 5.41 Å². The Labute approximate surface area is 240 Å². The summed E-state index contributed by atoms with van der Waals surface area (Å²) in [6.45, 7) is 1.12. The second-order valence-corrected chi connectivity index (χ2v) is 11.6. The van der Waals surface area contributed by atoms with Crippen molar-refractivity contribution in [1.29, 1.82) is 0 Å². The number of amides is 2. The van der Waals surface area contributed by atoms with Crippen molar-refractivity contribution < 1.29 is 46.2 Å². The van der Waals surface area contributed by atoms with Gasteiger partial charge in [0.1, 0.15) is 12.4 Å². The van der Waals surface area contributed by atoms with Gasteiger partial charge >= 0.3 is 18.1 Å². The van der Waals surface area contributed by atoms with Crippen molar-refractivity contribution >= 4 is 34.8 Å². The van der Waals surface area contributed by atoms with Gasteiger partial charge < -0.3 is 20.1 Å². The molecule has 0 radical (unpaired) electrons. The van der Waals surface area contributed by atoms with E-state index in [1.54, 1.807) is 59.9 Å². The summed E-state index contributed by atoms with van der Waals surface area (Å²) in [7, 11) is 0. The number of benzene rings is 2. The van der Waals surface area contributed by atoms with E-state index in [-0.39, 0.29) is 24.4 Å². The van der Waals surface area contributed by atoms with E-state index < -0.39 is 47.8 Å². The van der Waals surface area contributed by atoms with Gasteiger partial charge in [-0.25, -0.2) is 8.78 Å². The second kappa shape index (κ2) is 10.7. The Bertz CT molecular complexity index is 1540. The lowest BCUT2D eigenvalue weighted by Crippen LogP contribution is -2.42. The third kappa shape index (κ3) is 5.83. The van der Waals surface area contributed by atoms with Crippen molar-refractivity contribution in [3.05, 3.63) is 69.9 Å². The van der Waals surface area contributed by atoms with Gasteiger partial charge in [0.2, 0.25) is 5.91 Å². The molecule has 2 atom stereocenters. The summed E-state index contributed by atoms with van der Waals surface area (Å²) < 4.78 is 72.4. The first-order valence-corrected chi connectivity index (χ1v) is 13.7. The summed E-state index contributed by atoms with van der Waals surface area (Å²) in [6.07, 6.45) is -5.60. The van der Waals surface area contributed by atoms with Gasteiger partial charge in [-0.3, -0.25) is 14.4 Å². The number of ether oxygens (including phenoxy) is 1. The molecule has 2 N–H and O–H groups in total. The van der Waals surface area contributed by atoms with E-state index >= 15 is 0 Å². The first kappa shape index (κ1) is 29.5. The lowest BCUT2D eigenvalue weighted by Gasteiger charge is -2.21. The van der Waals surface area contributed by atoms with Crippen LogP contribution < -0.4 is 15.0 Å². The number of halogens is 5. The van der Waals surface area contributed by atoms with E-state index in [0.29, 0.717) is 33.9 Å². The molecule has 1 aliphatic heterocycles. The Kier molecular flexibility index (Phi) is 7.50. The maximum absolute atomic E-state index is 14.3. The average Bonchev–Trinajstić information content (AvgIpc) is 3.25. The van der Waals surface area contributed by atoms with E-state index in [1.807, 2.05) is 0 Å². The normalized spacial score (nSPS) is 19.8. The molecule has 2 unspecified atom stereocenters. The Morgan fingerprint density at radius 1 is 1.10 bits per heavy atom. The van der Waals surface area contributed by atoms with E-state index in [4.69, 9.17) is 4.74 Å². The number of carboxylic acid groups (broad SMARTS) is 1. The number of alkyl halides is 5. The molecule has 2 heterocycles. The summed E-state index contributed by atoms with van der Waals surface area (Å²) in [5.41, 5.74) is 0.547. The molecule has 1 aliphatic carbocycles. The minimum atomic E-state index is -5.17. The molecular weight excluding hydrogens is 583 g/mol. The third-order valence-corrected chi connectivity index (χ3v) is 8.71. The molecule has 7 nitrogen and oxygen atoms in total. The summed E-state index contributed by atoms with van der Waals surface area (Å²) >= 11 is 0.964. The highest BCUT2D eigenvalue weighted by Gasteiger charge is 2.64. The Morgan fingerprint density at radius 3 is 2.45 bits per heavy atom. The quantitative estimate of drug-likeness (QED) is 0.295. The molecule has 1 aromatic heterocycles. The Hall–Kier alpha value is -4.00. The molecule has 2 aromatic carbocycles. The van der Waals surface area contributed by atoms with Gasteiger partial charge in [-0.2, -0.15) is 13.2 Å². The van der Waals surface area contributed by atoms with Crippen molar-refractivity contribution in [2.45, 2.75) is 50.9 Å². The van der Waals surface area contributed by atoms with Crippen LogP contribution in [-0.2, 0) is 33.3 Å². The summed E-state index contributed by atoms with van der Waals surface area (Å²) in [4.78, 5) is 38.1. The minimum Gasteiger partial charge on any atom is -0.488 e. The zero-order valence-electron chi connectivity index (χ0n) is 22.1. The van der Waals surface area contributed by atoms with Gasteiger partial charge in [-0.1, -0.05) is 30.3 Å². The van der Waals surface area contributed by atoms with Crippen molar-refractivity contribution in [2.24, 2.45) is 5.41 Å². The average molecular weight is 609 g/mol. The topological polar surface area (TPSA) is 95.9 Å². The number of rotatable bonds is 9. The summed E-state index contributed by atoms with van der Waals surface area (Å²) in [5, 5.41) is 11.3. The fourth-order valence-electron chi connectivity index (χ4n) is 5.16. The fraction of sp³-hybridized carbons (Fsp3) is 0.345. The number of carboxylic acids is 1. The van der Waals surface area contributed by atoms with E-state index in [1.165, 1.54) is 4.90 Å². The molecule has 2 aliphatic rings. The number of aliphatic carboxylic acids is 1. The predicted octanol–water partition coefficient (Wildman–Crippen LogP) is 5.91. The number of fused-ring (bicyclic) bond motifs is 1. The maximum atomic E-state index is 14.3. The number of nitrogens with one attached hydrogen (secondary N) is 1. The predicted molar refractivity (Wildman–Crippen MR) is 143 cm³/mol. The van der Waals surface area contributed by atoms with E-state index in [9.17, 15) is 41.4 Å². The summed E-state index contributed by atoms with van der Waals surface area (Å²) in [6, 6.07) is 14.2. The van der Waals surface area contributed by atoms with Crippen LogP contribution in [0.3, 0.4) is 0 Å². The van der Waals surface area contributed by atoms with Gasteiger partial charge in [-0.05, 0) is 48.2 Å². The van der Waals surface area contributed by atoms with Crippen LogP contribution in [0.5, 0.6) is 5.75 Å². The fourth-order valence-corrected chi connectivity index (χ4v) is 6.18. The number of carbonyl (C=O) groups is 3. The number of anilines is 1. The van der Waals surface area contributed by atoms with Crippen molar-refractivity contribution in [2.75, 3.05) is 11.4 Å². The van der Waals surface area contributed by atoms with Gasteiger partial charge in [0, 0.05) is 42.1 Å². The van der Waals surface area contributed by atoms with Gasteiger partial charge in [0.05, 0.1) is 10.3 Å². The Balaban J connectivity index is 1.25. The number of hydrogen-bond donors (Lipinski definition) is 2. The molecule has 0 saturated heterocycles. The SMILES string of the molecule is CC(F)(F)c1sc(COc2ccc3c(c2)CCN3C(=O)CC2(C(=O)O)CC2NC(=O)C(F)(F)F)cc1-c1ccccc1. The molecule has 0 spiro atoms. The first-order chi connectivity index (χ1) is 19.7. The molecular formula is C29H25F5N2O5S. The monoisotopic (exact) mass is 608 g/mol. The van der Waals surface area contributed by atoms with Gasteiger partial charge in [0.25, 0.3) is 5.92 Å². The first-order valence-electron chi connectivity index (χ1n) is 12.9. The van der Waals surface area contributed by atoms with Gasteiger partial charge in [0.15, 0.2) is 0 Å². The maximum Gasteiger partial charge on any atom is 0.471 e. The van der Waals surface area contributed by atoms with Crippen LogP contribution in [-0.4, -0.2) is 41.7 Å². The molecule has 3 aromatic rings. The highest BCUT2D eigenvalue weighted by atomic mass is 32.1. The van der Waals surface area contributed by atoms with E-state index in [2.05, 4.69) is 0 Å². The molecule has 222 valence electrons. The number of thiophene rings is 1. The number of carbonyl (C=O) groups excluding carboxylic acids is 2. The molecule has 5 rings (SSSR count). The minimum absolute atomic E-state index is 0.0359. The smallest absolute Gasteiger partial charge is 0.471 e. The third-order valence-electron chi connectivity index (χ3n) is 7.43. The van der Waals surface area contributed by atoms with Crippen molar-refractivity contribution in [3.8, 4) is 16.9 Å². The number of nitrogens with zero attached hydrogens (tertiary/aromatic N) is 1. The van der Waals surface area contributed by atoms with Crippen molar-refractivity contribution in [1.82, 2.24) is 5.32 Å². The zero-order chi connectivity index (χ0) is 30.4. The van der Waals surface area contributed by atoms with Crippen LogP contribution in [0.1, 0.15) is 35.1 Å². The van der Waals surface area contributed by atoms with Crippen molar-refractivity contribution in [3.63, 3.8) is 0 Å². The van der Waals surface area contributed by atoms with E-state index in [0.717, 1.165) is 23.8 Å². The van der Waals surface area contributed by atoms with Crippen LogP contribution in [0.4, 0.5) is 27.6 Å². The molecule has 2 amide bonds. The largest absolute Gasteiger partial charge is 0.488 e. The standard InChI is InChI=1S/C29H25F5N2O5S/c1-27(30,31)24-20(16-5-3-2-4-6-16)12-19(42-24)15-41-18-7-8-21-17(11-18)9-10-36(21)23(37)14-28(26(39)40)13-22(28)35-25(38)29(32,33)34/h2-8,11-12,22H,9-10,13-15H2,1H3,(H,35,38)(H,39,40). The van der Waals surface area contributed by atoms with Gasteiger partial charge in [-0.15, -0.1) is 11.3 Å². The number of hydrogen-bond acceptors (Lipinski definition) is 5. The highest BCUT2D eigenvalue weighted by Crippen LogP contribution is 2.50. The zero-order valence-corrected chi connectivity index (χ0v) is 23.0. The van der Waals surface area contributed by atoms with Crippen LogP contribution >= 0.6 is 11.3 Å². The molecule has 1 fully saturated rings. The lowest BCUT2D eigenvalue weighted by molar-refractivity contribution is -0.174.